The number of hydrogen-bond acceptors (Lipinski definition) is 4. The Morgan fingerprint density at radius 3 is 1.77 bits per heavy atom. The van der Waals surface area contributed by atoms with E-state index in [1.807, 2.05) is 0 Å². The largest absolute Gasteiger partial charge is 0.504 e. The van der Waals surface area contributed by atoms with Gasteiger partial charge in [-0.3, -0.25) is 0 Å². The Morgan fingerprint density at radius 2 is 1.46 bits per heavy atom. The van der Waals surface area contributed by atoms with Gasteiger partial charge >= 0.3 is 5.97 Å². The first kappa shape index (κ1) is 11.6. The molecule has 1 radical (unpaired) electrons. The fourth-order valence-electron chi connectivity index (χ4n) is 0.728. The van der Waals surface area contributed by atoms with Gasteiger partial charge in [0.15, 0.2) is 17.2 Å². The number of rotatable bonds is 1. The second kappa shape index (κ2) is 4.02. The first-order valence-electron chi connectivity index (χ1n) is 3.00. The van der Waals surface area contributed by atoms with Gasteiger partial charge in [0.05, 0.1) is 5.56 Å². The van der Waals surface area contributed by atoms with Crippen LogP contribution in [0.5, 0.6) is 17.2 Å². The second-order valence-electron chi connectivity index (χ2n) is 2.17. The first-order valence-corrected chi connectivity index (χ1v) is 3.00. The van der Waals surface area contributed by atoms with Gasteiger partial charge in [-0.1, -0.05) is 0 Å². The SMILES string of the molecule is O=C(O)c1cc(O)c(O)c(O)c1.[Cu]. The molecule has 0 aliphatic carbocycles. The summed E-state index contributed by atoms with van der Waals surface area (Å²) in [5.74, 6) is -3.33. The van der Waals surface area contributed by atoms with E-state index in [4.69, 9.17) is 20.4 Å². The van der Waals surface area contributed by atoms with Crippen molar-refractivity contribution in [2.45, 2.75) is 0 Å². The smallest absolute Gasteiger partial charge is 0.335 e. The van der Waals surface area contributed by atoms with Gasteiger partial charge < -0.3 is 20.4 Å². The molecule has 1 rings (SSSR count). The molecule has 0 amide bonds. The van der Waals surface area contributed by atoms with Crippen LogP contribution < -0.4 is 0 Å². The van der Waals surface area contributed by atoms with Gasteiger partial charge in [-0.15, -0.1) is 0 Å². The molecule has 0 aromatic heterocycles. The molecular formula is C7H6CuO5. The van der Waals surface area contributed by atoms with Gasteiger partial charge in [-0.05, 0) is 12.1 Å². The average molecular weight is 234 g/mol. The molecule has 0 aliphatic heterocycles. The summed E-state index contributed by atoms with van der Waals surface area (Å²) in [6, 6.07) is 1.69. The summed E-state index contributed by atoms with van der Waals surface area (Å²) in [4.78, 5) is 10.3. The van der Waals surface area contributed by atoms with Crippen LogP contribution in [0.3, 0.4) is 0 Å². The van der Waals surface area contributed by atoms with E-state index in [0.29, 0.717) is 0 Å². The van der Waals surface area contributed by atoms with E-state index in [2.05, 4.69) is 0 Å². The summed E-state index contributed by atoms with van der Waals surface area (Å²) in [6.45, 7) is 0. The minimum absolute atomic E-state index is 0. The molecule has 0 saturated heterocycles. The Balaban J connectivity index is 0.00000144. The third-order valence-corrected chi connectivity index (χ3v) is 1.32. The molecule has 0 fully saturated rings. The fraction of sp³-hybridized carbons (Fsp3) is 0. The number of aromatic carboxylic acids is 1. The quantitative estimate of drug-likeness (QED) is 0.418. The summed E-state index contributed by atoms with van der Waals surface area (Å²) in [5.41, 5.74) is -0.289. The van der Waals surface area contributed by atoms with Crippen molar-refractivity contribution in [2.75, 3.05) is 0 Å². The van der Waals surface area contributed by atoms with Crippen LogP contribution in [0.15, 0.2) is 12.1 Å². The molecule has 13 heavy (non-hydrogen) atoms. The van der Waals surface area contributed by atoms with E-state index in [9.17, 15) is 4.79 Å². The third-order valence-electron chi connectivity index (χ3n) is 1.32. The minimum atomic E-state index is -1.29. The van der Waals surface area contributed by atoms with Crippen molar-refractivity contribution >= 4 is 5.97 Å². The Kier molecular flexibility index (Phi) is 3.59. The number of benzene rings is 1. The van der Waals surface area contributed by atoms with E-state index in [1.54, 1.807) is 0 Å². The van der Waals surface area contributed by atoms with Crippen molar-refractivity contribution < 1.29 is 42.3 Å². The molecule has 0 unspecified atom stereocenters. The van der Waals surface area contributed by atoms with Crippen LogP contribution in [0.2, 0.25) is 0 Å². The molecule has 75 valence electrons. The number of hydrogen-bond donors (Lipinski definition) is 4. The zero-order valence-corrected chi connectivity index (χ0v) is 7.09. The molecular weight excluding hydrogens is 228 g/mol. The summed E-state index contributed by atoms with van der Waals surface area (Å²) < 4.78 is 0. The molecule has 0 bridgehead atoms. The maximum Gasteiger partial charge on any atom is 0.335 e. The molecule has 0 heterocycles. The Bertz CT molecular complexity index is 313. The van der Waals surface area contributed by atoms with Gasteiger partial charge in [0, 0.05) is 17.1 Å². The van der Waals surface area contributed by atoms with Crippen molar-refractivity contribution in [3.05, 3.63) is 17.7 Å². The number of phenols is 3. The molecule has 4 N–H and O–H groups in total. The van der Waals surface area contributed by atoms with Crippen molar-refractivity contribution in [2.24, 2.45) is 0 Å². The summed E-state index contributed by atoms with van der Waals surface area (Å²) >= 11 is 0. The van der Waals surface area contributed by atoms with Gasteiger partial charge in [-0.25, -0.2) is 4.79 Å². The normalized spacial score (nSPS) is 8.92. The summed E-state index contributed by atoms with van der Waals surface area (Å²) in [7, 11) is 0. The third kappa shape index (κ3) is 2.27. The van der Waals surface area contributed by atoms with E-state index in [0.717, 1.165) is 12.1 Å². The van der Waals surface area contributed by atoms with E-state index >= 15 is 0 Å². The maximum atomic E-state index is 10.3. The van der Waals surface area contributed by atoms with Crippen molar-refractivity contribution in [3.63, 3.8) is 0 Å². The molecule has 0 aliphatic rings. The molecule has 0 atom stereocenters. The Labute approximate surface area is 83.7 Å². The summed E-state index contributed by atoms with van der Waals surface area (Å²) in [5, 5.41) is 35.0. The van der Waals surface area contributed by atoms with Crippen LogP contribution in [0, 0.1) is 0 Å². The van der Waals surface area contributed by atoms with Crippen LogP contribution in [-0.2, 0) is 17.1 Å². The van der Waals surface area contributed by atoms with Crippen molar-refractivity contribution in [3.8, 4) is 17.2 Å². The molecule has 6 heteroatoms. The second-order valence-corrected chi connectivity index (χ2v) is 2.17. The standard InChI is InChI=1S/C7H6O5.Cu/c8-4-1-3(7(11)12)2-5(9)6(4)10;/h1-2,8-10H,(H,11,12);. The zero-order valence-electron chi connectivity index (χ0n) is 6.15. The van der Waals surface area contributed by atoms with Crippen LogP contribution in [0.25, 0.3) is 0 Å². The average Bonchev–Trinajstić information content (AvgIpc) is 1.99. The Morgan fingerprint density at radius 1 is 1.08 bits per heavy atom. The van der Waals surface area contributed by atoms with Gasteiger partial charge in [0.1, 0.15) is 0 Å². The molecule has 1 aromatic carbocycles. The van der Waals surface area contributed by atoms with Crippen molar-refractivity contribution in [1.29, 1.82) is 0 Å². The van der Waals surface area contributed by atoms with Crippen LogP contribution in [0.4, 0.5) is 0 Å². The van der Waals surface area contributed by atoms with Crippen LogP contribution in [0.1, 0.15) is 10.4 Å². The number of aromatic hydroxyl groups is 3. The summed E-state index contributed by atoms with van der Waals surface area (Å²) in [6.07, 6.45) is 0. The van der Waals surface area contributed by atoms with Crippen LogP contribution in [-0.4, -0.2) is 26.4 Å². The Hall–Kier alpha value is -1.39. The monoisotopic (exact) mass is 233 g/mol. The fourth-order valence-corrected chi connectivity index (χ4v) is 0.728. The van der Waals surface area contributed by atoms with Crippen molar-refractivity contribution in [1.82, 2.24) is 0 Å². The molecule has 1 aromatic rings. The predicted octanol–water partition coefficient (Wildman–Crippen LogP) is 0.499. The van der Waals surface area contributed by atoms with Gasteiger partial charge in [0.25, 0.3) is 0 Å². The molecule has 0 spiro atoms. The molecule has 0 saturated carbocycles. The maximum absolute atomic E-state index is 10.3. The van der Waals surface area contributed by atoms with Crippen LogP contribution >= 0.6 is 0 Å². The van der Waals surface area contributed by atoms with E-state index in [1.165, 1.54) is 0 Å². The van der Waals surface area contributed by atoms with E-state index in [-0.39, 0.29) is 22.6 Å². The predicted molar refractivity (Wildman–Crippen MR) is 38.4 cm³/mol. The zero-order chi connectivity index (χ0) is 9.30. The minimum Gasteiger partial charge on any atom is -0.504 e. The number of carboxylic acids is 1. The van der Waals surface area contributed by atoms with E-state index < -0.39 is 23.2 Å². The number of phenolic OH excluding ortho intramolecular Hbond substituents is 3. The van der Waals surface area contributed by atoms with Gasteiger partial charge in [0.2, 0.25) is 0 Å². The number of carbonyl (C=O) groups is 1. The topological polar surface area (TPSA) is 98.0 Å². The number of carboxylic acid groups (broad SMARTS) is 1. The molecule has 5 nitrogen and oxygen atoms in total. The van der Waals surface area contributed by atoms with Gasteiger partial charge in [-0.2, -0.15) is 0 Å². The first-order chi connectivity index (χ1) is 5.52.